The minimum Gasteiger partial charge on any atom is -0.477 e. The molecular formula is C31H40N2O4S3. The summed E-state index contributed by atoms with van der Waals surface area (Å²) in [5.41, 5.74) is 1.60. The zero-order valence-electron chi connectivity index (χ0n) is 23.6. The molecule has 0 radical (unpaired) electrons. The van der Waals surface area contributed by atoms with Gasteiger partial charge in [0.15, 0.2) is 0 Å². The highest BCUT2D eigenvalue weighted by Crippen LogP contribution is 2.27. The Morgan fingerprint density at radius 2 is 1.73 bits per heavy atom. The normalized spacial score (nSPS) is 14.8. The minimum absolute atomic E-state index is 0.0929. The van der Waals surface area contributed by atoms with E-state index in [0.29, 0.717) is 11.3 Å². The number of terminal acetylenes is 2. The zero-order valence-corrected chi connectivity index (χ0v) is 26.1. The number of hydrogen-bond acceptors (Lipinski definition) is 5. The van der Waals surface area contributed by atoms with Gasteiger partial charge in [0.2, 0.25) is 6.41 Å². The van der Waals surface area contributed by atoms with Crippen molar-refractivity contribution in [2.75, 3.05) is 18.4 Å². The number of amides is 1. The van der Waals surface area contributed by atoms with Crippen LogP contribution in [0.3, 0.4) is 0 Å². The van der Waals surface area contributed by atoms with Crippen molar-refractivity contribution < 1.29 is 18.9 Å². The number of carbonyl (C=O) groups is 2. The first-order valence-corrected chi connectivity index (χ1v) is 15.5. The zero-order chi connectivity index (χ0) is 30.6. The SMILES string of the molecule is C#C.C#C.C=C1CCCCC1.CC(C)(C)C#Cc1cc(NC=O)c(C(=O)O)s1.O=S(c1cccs1)N1CCCC1. The first-order valence-electron chi connectivity index (χ1n) is 12.7. The van der Waals surface area contributed by atoms with Crippen molar-refractivity contribution in [3.05, 3.63) is 45.5 Å². The Labute approximate surface area is 250 Å². The molecule has 0 aromatic carbocycles. The van der Waals surface area contributed by atoms with Gasteiger partial charge < -0.3 is 10.4 Å². The van der Waals surface area contributed by atoms with Crippen LogP contribution in [0.15, 0.2) is 39.9 Å². The van der Waals surface area contributed by atoms with E-state index in [4.69, 9.17) is 5.11 Å². The third kappa shape index (κ3) is 14.9. The maximum atomic E-state index is 11.8. The molecule has 2 aromatic rings. The predicted octanol–water partition coefficient (Wildman–Crippen LogP) is 7.28. The molecule has 40 heavy (non-hydrogen) atoms. The van der Waals surface area contributed by atoms with E-state index in [-0.39, 0.29) is 16.0 Å². The van der Waals surface area contributed by atoms with Crippen molar-refractivity contribution in [1.29, 1.82) is 0 Å². The molecule has 1 unspecified atom stereocenters. The largest absolute Gasteiger partial charge is 0.477 e. The second-order valence-electron chi connectivity index (χ2n) is 9.55. The first kappa shape index (κ1) is 36.9. The molecule has 1 saturated carbocycles. The van der Waals surface area contributed by atoms with Gasteiger partial charge in [-0.1, -0.05) is 36.5 Å². The summed E-state index contributed by atoms with van der Waals surface area (Å²) in [6.45, 7) is 11.8. The van der Waals surface area contributed by atoms with Gasteiger partial charge in [-0.3, -0.25) is 4.79 Å². The molecule has 1 atom stereocenters. The average molecular weight is 601 g/mol. The molecule has 1 saturated heterocycles. The van der Waals surface area contributed by atoms with Gasteiger partial charge in [0.1, 0.15) is 20.1 Å². The minimum atomic E-state index is -1.07. The summed E-state index contributed by atoms with van der Waals surface area (Å²) in [5.74, 6) is 4.85. The second kappa shape index (κ2) is 20.7. The van der Waals surface area contributed by atoms with Gasteiger partial charge in [-0.25, -0.2) is 13.3 Å². The number of anilines is 1. The van der Waals surface area contributed by atoms with Crippen LogP contribution in [-0.4, -0.2) is 39.1 Å². The first-order chi connectivity index (χ1) is 19.1. The molecule has 2 aromatic heterocycles. The predicted molar refractivity (Wildman–Crippen MR) is 171 cm³/mol. The van der Waals surface area contributed by atoms with Crippen LogP contribution in [0.4, 0.5) is 5.69 Å². The van der Waals surface area contributed by atoms with Crippen molar-refractivity contribution >= 4 is 51.7 Å². The van der Waals surface area contributed by atoms with Gasteiger partial charge >= 0.3 is 5.97 Å². The summed E-state index contributed by atoms with van der Waals surface area (Å²) >= 11 is 2.63. The standard InChI is InChI=1S/C12H13NO3S.C8H11NOS2.C7H12.2C2H2/c1-12(2,3)5-4-8-6-9(13-7-14)10(17-8)11(15)16;10-12(8-4-3-7-11-8)9-5-1-2-6-9;1-7-5-3-2-4-6-7;2*1-2/h6-7H,1-3H3,(H,13,14)(H,15,16);3-4,7H,1-2,5-6H2;1-6H2;2*1-2H. The van der Waals surface area contributed by atoms with Crippen LogP contribution in [-0.2, 0) is 15.8 Å². The molecule has 6 nitrogen and oxygen atoms in total. The van der Waals surface area contributed by atoms with E-state index < -0.39 is 17.0 Å². The van der Waals surface area contributed by atoms with E-state index in [2.05, 4.69) is 49.4 Å². The molecule has 1 aliphatic heterocycles. The number of allylic oxidation sites excluding steroid dienone is 1. The molecule has 2 N–H and O–H groups in total. The number of nitrogens with zero attached hydrogens (tertiary/aromatic N) is 1. The lowest BCUT2D eigenvalue weighted by Crippen LogP contribution is -2.21. The van der Waals surface area contributed by atoms with Crippen LogP contribution in [0.25, 0.3) is 0 Å². The highest BCUT2D eigenvalue weighted by Gasteiger charge is 2.19. The fraction of sp³-hybridized carbons (Fsp3) is 0.419. The Hall–Kier alpha value is -3.13. The van der Waals surface area contributed by atoms with Gasteiger partial charge in [-0.15, -0.1) is 48.4 Å². The molecule has 1 amide bonds. The van der Waals surface area contributed by atoms with Crippen molar-refractivity contribution in [3.63, 3.8) is 0 Å². The number of aromatic carboxylic acids is 1. The topological polar surface area (TPSA) is 86.7 Å². The van der Waals surface area contributed by atoms with Crippen LogP contribution in [0.2, 0.25) is 0 Å². The van der Waals surface area contributed by atoms with E-state index in [0.717, 1.165) is 28.6 Å². The number of carboxylic acid groups (broad SMARTS) is 1. The molecular weight excluding hydrogens is 561 g/mol. The van der Waals surface area contributed by atoms with Crippen molar-refractivity contribution in [1.82, 2.24) is 4.31 Å². The lowest BCUT2D eigenvalue weighted by molar-refractivity contribution is -0.105. The maximum absolute atomic E-state index is 11.8. The summed E-state index contributed by atoms with van der Waals surface area (Å²) in [5, 5.41) is 13.3. The molecule has 4 rings (SSSR count). The molecule has 0 bridgehead atoms. The van der Waals surface area contributed by atoms with Crippen molar-refractivity contribution in [2.24, 2.45) is 5.41 Å². The van der Waals surface area contributed by atoms with E-state index >= 15 is 0 Å². The molecule has 9 heteroatoms. The van der Waals surface area contributed by atoms with Gasteiger partial charge in [-0.05, 0) is 76.8 Å². The monoisotopic (exact) mass is 600 g/mol. The smallest absolute Gasteiger partial charge is 0.348 e. The number of carbonyl (C=O) groups excluding carboxylic acids is 1. The Bertz CT molecular complexity index is 1160. The summed E-state index contributed by atoms with van der Waals surface area (Å²) < 4.78 is 14.8. The molecule has 3 heterocycles. The second-order valence-corrected chi connectivity index (χ2v) is 13.3. The fourth-order valence-corrected chi connectivity index (χ4v) is 6.54. The van der Waals surface area contributed by atoms with E-state index in [1.54, 1.807) is 17.4 Å². The number of rotatable bonds is 5. The Morgan fingerprint density at radius 3 is 2.15 bits per heavy atom. The third-order valence-electron chi connectivity index (χ3n) is 5.23. The summed E-state index contributed by atoms with van der Waals surface area (Å²) in [6, 6.07) is 5.47. The van der Waals surface area contributed by atoms with Gasteiger partial charge in [-0.2, -0.15) is 0 Å². The Kier molecular flexibility index (Phi) is 19.1. The molecule has 216 valence electrons. The Balaban J connectivity index is 0.000000573. The molecule has 1 aliphatic carbocycles. The summed E-state index contributed by atoms with van der Waals surface area (Å²) in [4.78, 5) is 22.0. The quantitative estimate of drug-likeness (QED) is 0.214. The molecule has 2 aliphatic rings. The Morgan fingerprint density at radius 1 is 1.12 bits per heavy atom. The number of hydrogen-bond donors (Lipinski definition) is 2. The van der Waals surface area contributed by atoms with E-state index in [1.165, 1.54) is 50.5 Å². The average Bonchev–Trinajstić information content (AvgIpc) is 3.73. The fourth-order valence-electron chi connectivity index (χ4n) is 3.43. The highest BCUT2D eigenvalue weighted by atomic mass is 32.2. The summed E-state index contributed by atoms with van der Waals surface area (Å²) in [7, 11) is -0.876. The van der Waals surface area contributed by atoms with Crippen LogP contribution in [0.1, 0.15) is 80.3 Å². The van der Waals surface area contributed by atoms with Crippen LogP contribution in [0, 0.1) is 42.9 Å². The van der Waals surface area contributed by atoms with Gasteiger partial charge in [0.05, 0.1) is 10.6 Å². The molecule has 2 fully saturated rings. The number of carboxylic acids is 1. The van der Waals surface area contributed by atoms with Crippen molar-refractivity contribution in [3.8, 4) is 37.5 Å². The van der Waals surface area contributed by atoms with E-state index in [1.807, 2.05) is 42.6 Å². The van der Waals surface area contributed by atoms with Crippen molar-refractivity contribution in [2.45, 2.75) is 69.9 Å². The lowest BCUT2D eigenvalue weighted by atomic mass is 9.97. The van der Waals surface area contributed by atoms with Crippen LogP contribution in [0.5, 0.6) is 0 Å². The third-order valence-corrected chi connectivity index (χ3v) is 8.96. The highest BCUT2D eigenvalue weighted by molar-refractivity contribution is 7.85. The van der Waals surface area contributed by atoms with Crippen LogP contribution >= 0.6 is 22.7 Å². The molecule has 0 spiro atoms. The maximum Gasteiger partial charge on any atom is 0.348 e. The van der Waals surface area contributed by atoms with Gasteiger partial charge in [0, 0.05) is 18.5 Å². The van der Waals surface area contributed by atoms with E-state index in [9.17, 15) is 13.8 Å². The lowest BCUT2D eigenvalue weighted by Gasteiger charge is -2.11. The number of nitrogens with one attached hydrogen (secondary N) is 1. The van der Waals surface area contributed by atoms with Crippen LogP contribution < -0.4 is 5.32 Å². The van der Waals surface area contributed by atoms with Gasteiger partial charge in [0.25, 0.3) is 0 Å². The number of thiophene rings is 2. The summed E-state index contributed by atoms with van der Waals surface area (Å²) in [6.07, 6.45) is 25.6.